The highest BCUT2D eigenvalue weighted by Crippen LogP contribution is 2.19. The number of halogens is 1. The van der Waals surface area contributed by atoms with Crippen molar-refractivity contribution in [2.75, 3.05) is 13.1 Å². The molecule has 1 amide bonds. The maximum absolute atomic E-state index is 14.8. The second-order valence-electron chi connectivity index (χ2n) is 6.86. The molecule has 0 spiro atoms. The third-order valence-electron chi connectivity index (χ3n) is 4.57. The first-order valence-corrected chi connectivity index (χ1v) is 9.36. The molecule has 0 unspecified atom stereocenters. The van der Waals surface area contributed by atoms with Gasteiger partial charge in [0.1, 0.15) is 11.5 Å². The molecule has 1 heterocycles. The lowest BCUT2D eigenvalue weighted by atomic mass is 10.1. The van der Waals surface area contributed by atoms with Crippen LogP contribution in [0.25, 0.3) is 5.69 Å². The Morgan fingerprint density at radius 3 is 2.50 bits per heavy atom. The molecule has 1 aromatic heterocycles. The van der Waals surface area contributed by atoms with Crippen molar-refractivity contribution in [1.82, 2.24) is 14.7 Å². The summed E-state index contributed by atoms with van der Waals surface area (Å²) in [6.07, 6.45) is 0.685. The van der Waals surface area contributed by atoms with Gasteiger partial charge in [0.25, 0.3) is 5.91 Å². The van der Waals surface area contributed by atoms with E-state index >= 15 is 0 Å². The van der Waals surface area contributed by atoms with Crippen molar-refractivity contribution < 1.29 is 9.18 Å². The van der Waals surface area contributed by atoms with Crippen LogP contribution in [0, 0.1) is 19.7 Å². The van der Waals surface area contributed by atoms with Gasteiger partial charge in [0, 0.05) is 24.3 Å². The molecule has 0 aliphatic carbocycles. The highest BCUT2D eigenvalue weighted by atomic mass is 19.1. The molecular formula is C22H25FN4O. The number of amides is 1. The summed E-state index contributed by atoms with van der Waals surface area (Å²) in [5, 5.41) is 4.31. The topological polar surface area (TPSA) is 64.2 Å². The van der Waals surface area contributed by atoms with E-state index in [4.69, 9.17) is 5.73 Å². The Morgan fingerprint density at radius 1 is 1.14 bits per heavy atom. The molecule has 0 atom stereocenters. The summed E-state index contributed by atoms with van der Waals surface area (Å²) >= 11 is 0. The summed E-state index contributed by atoms with van der Waals surface area (Å²) in [4.78, 5) is 14.7. The molecule has 2 aromatic carbocycles. The standard InChI is InChI=1S/C22H25FN4O/c1-16-13-17(2)27(25-16)21-10-9-19(14-20(21)23)22(28)26(12-6-11-24)15-18-7-4-3-5-8-18/h3-5,7-10,13-14H,6,11-12,15,24H2,1-2H3. The van der Waals surface area contributed by atoms with Gasteiger partial charge >= 0.3 is 0 Å². The Kier molecular flexibility index (Phi) is 6.21. The van der Waals surface area contributed by atoms with Crippen LogP contribution < -0.4 is 5.73 Å². The third-order valence-corrected chi connectivity index (χ3v) is 4.57. The Morgan fingerprint density at radius 2 is 1.89 bits per heavy atom. The van der Waals surface area contributed by atoms with Crippen molar-refractivity contribution in [2.45, 2.75) is 26.8 Å². The molecule has 146 valence electrons. The van der Waals surface area contributed by atoms with Crippen molar-refractivity contribution in [2.24, 2.45) is 5.73 Å². The first-order chi connectivity index (χ1) is 13.5. The summed E-state index contributed by atoms with van der Waals surface area (Å²) in [6.45, 7) is 5.19. The van der Waals surface area contributed by atoms with Crippen molar-refractivity contribution in [1.29, 1.82) is 0 Å². The van der Waals surface area contributed by atoms with Crippen LogP contribution in [-0.4, -0.2) is 33.7 Å². The molecule has 0 radical (unpaired) electrons. The summed E-state index contributed by atoms with van der Waals surface area (Å²) in [5.41, 5.74) is 8.94. The predicted octanol–water partition coefficient (Wildman–Crippen LogP) is 3.62. The van der Waals surface area contributed by atoms with E-state index in [-0.39, 0.29) is 5.91 Å². The van der Waals surface area contributed by atoms with Gasteiger partial charge in [-0.3, -0.25) is 4.79 Å². The molecule has 0 bridgehead atoms. The largest absolute Gasteiger partial charge is 0.334 e. The van der Waals surface area contributed by atoms with Crippen molar-refractivity contribution in [3.8, 4) is 5.69 Å². The van der Waals surface area contributed by atoms with E-state index in [1.165, 1.54) is 6.07 Å². The molecular weight excluding hydrogens is 355 g/mol. The molecule has 3 rings (SSSR count). The van der Waals surface area contributed by atoms with Crippen LogP contribution >= 0.6 is 0 Å². The number of hydrogen-bond acceptors (Lipinski definition) is 3. The van der Waals surface area contributed by atoms with E-state index in [1.807, 2.05) is 50.2 Å². The predicted molar refractivity (Wildman–Crippen MR) is 108 cm³/mol. The fourth-order valence-corrected chi connectivity index (χ4v) is 3.21. The van der Waals surface area contributed by atoms with E-state index in [0.29, 0.717) is 37.3 Å². The molecule has 3 aromatic rings. The number of carbonyl (C=O) groups excluding carboxylic acids is 1. The van der Waals surface area contributed by atoms with Crippen LogP contribution in [0.1, 0.15) is 33.7 Å². The molecule has 0 aliphatic heterocycles. The highest BCUT2D eigenvalue weighted by molar-refractivity contribution is 5.94. The lowest BCUT2D eigenvalue weighted by Gasteiger charge is -2.23. The minimum atomic E-state index is -0.476. The Labute approximate surface area is 164 Å². The summed E-state index contributed by atoms with van der Waals surface area (Å²) in [7, 11) is 0. The van der Waals surface area contributed by atoms with Gasteiger partial charge in [-0.25, -0.2) is 9.07 Å². The number of aromatic nitrogens is 2. The van der Waals surface area contributed by atoms with E-state index in [2.05, 4.69) is 5.10 Å². The van der Waals surface area contributed by atoms with Crippen molar-refractivity contribution >= 4 is 5.91 Å². The fourth-order valence-electron chi connectivity index (χ4n) is 3.21. The summed E-state index contributed by atoms with van der Waals surface area (Å²) in [6, 6.07) is 16.2. The molecule has 28 heavy (non-hydrogen) atoms. The van der Waals surface area contributed by atoms with Crippen LogP contribution in [-0.2, 0) is 6.54 Å². The second-order valence-corrected chi connectivity index (χ2v) is 6.86. The molecule has 2 N–H and O–H groups in total. The van der Waals surface area contributed by atoms with Crippen LogP contribution in [0.3, 0.4) is 0 Å². The maximum atomic E-state index is 14.8. The van der Waals surface area contributed by atoms with Crippen molar-refractivity contribution in [3.63, 3.8) is 0 Å². The normalized spacial score (nSPS) is 10.9. The average molecular weight is 380 g/mol. The Balaban J connectivity index is 1.86. The lowest BCUT2D eigenvalue weighted by Crippen LogP contribution is -2.32. The number of hydrogen-bond donors (Lipinski definition) is 1. The van der Waals surface area contributed by atoms with Gasteiger partial charge in [0.05, 0.1) is 5.69 Å². The molecule has 0 fully saturated rings. The number of rotatable bonds is 7. The second kappa shape index (κ2) is 8.80. The van der Waals surface area contributed by atoms with Crippen LogP contribution in [0.2, 0.25) is 0 Å². The highest BCUT2D eigenvalue weighted by Gasteiger charge is 2.18. The number of nitrogens with zero attached hydrogens (tertiary/aromatic N) is 3. The van der Waals surface area contributed by atoms with Crippen LogP contribution in [0.5, 0.6) is 0 Å². The molecule has 0 aliphatic rings. The number of aryl methyl sites for hydroxylation is 2. The minimum absolute atomic E-state index is 0.212. The molecule has 6 heteroatoms. The monoisotopic (exact) mass is 380 g/mol. The summed E-state index contributed by atoms with van der Waals surface area (Å²) < 4.78 is 16.3. The van der Waals surface area contributed by atoms with Gasteiger partial charge in [-0.2, -0.15) is 5.10 Å². The minimum Gasteiger partial charge on any atom is -0.334 e. The van der Waals surface area contributed by atoms with Crippen LogP contribution in [0.15, 0.2) is 54.6 Å². The van der Waals surface area contributed by atoms with Gasteiger partial charge < -0.3 is 10.6 Å². The zero-order valence-electron chi connectivity index (χ0n) is 16.2. The Bertz CT molecular complexity index is 952. The van der Waals surface area contributed by atoms with Gasteiger partial charge in [0.15, 0.2) is 0 Å². The van der Waals surface area contributed by atoms with Gasteiger partial charge in [0.2, 0.25) is 0 Å². The van der Waals surface area contributed by atoms with E-state index in [9.17, 15) is 9.18 Å². The maximum Gasteiger partial charge on any atom is 0.254 e. The zero-order chi connectivity index (χ0) is 20.1. The van der Waals surface area contributed by atoms with Crippen molar-refractivity contribution in [3.05, 3.63) is 82.9 Å². The number of benzene rings is 2. The Hall–Kier alpha value is -2.99. The van der Waals surface area contributed by atoms with Crippen LogP contribution in [0.4, 0.5) is 4.39 Å². The van der Waals surface area contributed by atoms with Gasteiger partial charge in [-0.15, -0.1) is 0 Å². The molecule has 0 saturated heterocycles. The smallest absolute Gasteiger partial charge is 0.254 e. The third kappa shape index (κ3) is 4.46. The van der Waals surface area contributed by atoms with E-state index < -0.39 is 5.82 Å². The van der Waals surface area contributed by atoms with E-state index in [1.54, 1.807) is 21.7 Å². The summed E-state index contributed by atoms with van der Waals surface area (Å²) in [5.74, 6) is -0.688. The SMILES string of the molecule is Cc1cc(C)n(-c2ccc(C(=O)N(CCCN)Cc3ccccc3)cc2F)n1. The first kappa shape index (κ1) is 19.8. The zero-order valence-corrected chi connectivity index (χ0v) is 16.2. The quantitative estimate of drug-likeness (QED) is 0.681. The average Bonchev–Trinajstić information content (AvgIpc) is 3.03. The van der Waals surface area contributed by atoms with E-state index in [0.717, 1.165) is 17.0 Å². The van der Waals surface area contributed by atoms with Gasteiger partial charge in [-0.05, 0) is 56.6 Å². The number of nitrogens with two attached hydrogens (primary N) is 1. The first-order valence-electron chi connectivity index (χ1n) is 9.36. The lowest BCUT2D eigenvalue weighted by molar-refractivity contribution is 0.0741. The van der Waals surface area contributed by atoms with Gasteiger partial charge in [-0.1, -0.05) is 30.3 Å². The molecule has 0 saturated carbocycles. The number of carbonyl (C=O) groups is 1. The fraction of sp³-hybridized carbons (Fsp3) is 0.273. The molecule has 5 nitrogen and oxygen atoms in total.